The number of hydrogen-bond donors (Lipinski definition) is 1. The average Bonchev–Trinajstić information content (AvgIpc) is 2.43. The van der Waals surface area contributed by atoms with Crippen LogP contribution in [0.25, 0.3) is 10.9 Å². The number of aromatic nitrogens is 1. The van der Waals surface area contributed by atoms with Gasteiger partial charge < -0.3 is 0 Å². The van der Waals surface area contributed by atoms with E-state index in [2.05, 4.69) is 11.1 Å². The molecular formula is C13H11N3O2Se. The van der Waals surface area contributed by atoms with Crippen molar-refractivity contribution in [1.29, 1.82) is 5.26 Å². The third-order valence-electron chi connectivity index (χ3n) is 2.46. The van der Waals surface area contributed by atoms with Crippen LogP contribution in [-0.2, 0) is 4.79 Å². The molecule has 1 heterocycles. The molecule has 2 aromatic rings. The van der Waals surface area contributed by atoms with Crippen LogP contribution in [0, 0.1) is 11.3 Å². The fourth-order valence-corrected chi connectivity index (χ4v) is 3.06. The molecule has 19 heavy (non-hydrogen) atoms. The van der Waals surface area contributed by atoms with Gasteiger partial charge >= 0.3 is 116 Å². The number of nitriles is 1. The molecule has 0 atom stereocenters. The predicted octanol–water partition coefficient (Wildman–Crippen LogP) is 0.348. The summed E-state index contributed by atoms with van der Waals surface area (Å²) in [5, 5.41) is 10.2. The third kappa shape index (κ3) is 3.02. The van der Waals surface area contributed by atoms with Crippen LogP contribution in [0.2, 0.25) is 5.32 Å². The van der Waals surface area contributed by atoms with Crippen molar-refractivity contribution < 1.29 is 9.53 Å². The van der Waals surface area contributed by atoms with Crippen LogP contribution in [0.1, 0.15) is 5.56 Å². The fourth-order valence-electron chi connectivity index (χ4n) is 1.59. The van der Waals surface area contributed by atoms with Crippen molar-refractivity contribution in [1.82, 2.24) is 4.98 Å². The maximum absolute atomic E-state index is 10.8. The Balaban J connectivity index is 2.49. The first-order chi connectivity index (χ1) is 9.13. The molecule has 6 heteroatoms. The van der Waals surface area contributed by atoms with Gasteiger partial charge in [0.25, 0.3) is 0 Å². The van der Waals surface area contributed by atoms with E-state index < -0.39 is 0 Å². The quantitative estimate of drug-likeness (QED) is 0.823. The number of primary amides is 1. The molecule has 0 saturated carbocycles. The number of amides is 1. The fraction of sp³-hybridized carbons (Fsp3) is 0.154. The summed E-state index contributed by atoms with van der Waals surface area (Å²) in [6, 6.07) is 9.37. The molecule has 1 aromatic heterocycles. The van der Waals surface area contributed by atoms with E-state index in [1.807, 2.05) is 12.1 Å². The molecule has 1 aromatic carbocycles. The Bertz CT molecular complexity index is 679. The van der Waals surface area contributed by atoms with Crippen LogP contribution in [-0.4, -0.2) is 33.0 Å². The molecule has 5 nitrogen and oxygen atoms in total. The van der Waals surface area contributed by atoms with Crippen molar-refractivity contribution in [2.75, 3.05) is 7.11 Å². The van der Waals surface area contributed by atoms with Crippen molar-refractivity contribution in [3.8, 4) is 11.8 Å². The number of rotatable bonds is 4. The van der Waals surface area contributed by atoms with Crippen molar-refractivity contribution in [2.45, 2.75) is 5.32 Å². The molecular weight excluding hydrogens is 309 g/mol. The summed E-state index contributed by atoms with van der Waals surface area (Å²) in [5.41, 5.74) is 6.38. The standard InChI is InChI=1S/C13H11N3O2Se/c1-18-10-3-2-8-4-9(6-14)13(16-11(8)5-10)19-7-12(15)17/h2-5H,7H2,1H3,(H2,15,17). The number of pyridine rings is 1. The average molecular weight is 320 g/mol. The number of nitrogens with two attached hydrogens (primary N) is 1. The summed E-state index contributed by atoms with van der Waals surface area (Å²) < 4.78 is 5.79. The zero-order chi connectivity index (χ0) is 13.8. The summed E-state index contributed by atoms with van der Waals surface area (Å²) in [7, 11) is 1.59. The van der Waals surface area contributed by atoms with Crippen LogP contribution >= 0.6 is 0 Å². The van der Waals surface area contributed by atoms with Crippen molar-refractivity contribution in [2.24, 2.45) is 5.73 Å². The van der Waals surface area contributed by atoms with Gasteiger partial charge in [0.1, 0.15) is 0 Å². The van der Waals surface area contributed by atoms with Gasteiger partial charge in [-0.3, -0.25) is 0 Å². The van der Waals surface area contributed by atoms with Crippen molar-refractivity contribution >= 4 is 36.4 Å². The number of methoxy groups -OCH3 is 1. The number of nitrogens with zero attached hydrogens (tertiary/aromatic N) is 2. The zero-order valence-electron chi connectivity index (χ0n) is 10.2. The molecule has 0 unspecified atom stereocenters. The van der Waals surface area contributed by atoms with Crippen LogP contribution in [0.4, 0.5) is 0 Å². The first-order valence-corrected chi connectivity index (χ1v) is 7.51. The molecule has 0 aliphatic rings. The number of carbonyl (C=O) groups is 1. The van der Waals surface area contributed by atoms with E-state index in [4.69, 9.17) is 15.7 Å². The van der Waals surface area contributed by atoms with E-state index in [9.17, 15) is 4.79 Å². The Hall–Kier alpha value is -2.09. The van der Waals surface area contributed by atoms with Gasteiger partial charge in [0, 0.05) is 0 Å². The molecule has 0 spiro atoms. The van der Waals surface area contributed by atoms with Crippen LogP contribution in [0.5, 0.6) is 5.75 Å². The Morgan fingerprint density at radius 2 is 2.32 bits per heavy atom. The molecule has 0 aliphatic carbocycles. The molecule has 1 amide bonds. The van der Waals surface area contributed by atoms with Crippen molar-refractivity contribution in [3.63, 3.8) is 0 Å². The first-order valence-electron chi connectivity index (χ1n) is 5.44. The van der Waals surface area contributed by atoms with Gasteiger partial charge in [-0.1, -0.05) is 0 Å². The van der Waals surface area contributed by atoms with Gasteiger partial charge in [0.05, 0.1) is 0 Å². The van der Waals surface area contributed by atoms with Gasteiger partial charge in [0.2, 0.25) is 0 Å². The van der Waals surface area contributed by atoms with Gasteiger partial charge in [-0.2, -0.15) is 0 Å². The topological polar surface area (TPSA) is 89.0 Å². The molecule has 0 saturated heterocycles. The molecule has 0 fully saturated rings. The summed E-state index contributed by atoms with van der Waals surface area (Å²) in [5.74, 6) is 0.328. The number of hydrogen-bond acceptors (Lipinski definition) is 4. The minimum absolute atomic E-state index is 0.228. The van der Waals surface area contributed by atoms with Gasteiger partial charge in [0.15, 0.2) is 0 Å². The van der Waals surface area contributed by atoms with Gasteiger partial charge in [-0.05, 0) is 0 Å². The Labute approximate surface area is 116 Å². The van der Waals surface area contributed by atoms with Gasteiger partial charge in [-0.15, -0.1) is 0 Å². The number of benzene rings is 1. The summed E-state index contributed by atoms with van der Waals surface area (Å²) in [6.07, 6.45) is 0. The van der Waals surface area contributed by atoms with E-state index in [0.29, 0.717) is 15.9 Å². The SMILES string of the molecule is COc1ccc2cc(C#N)c([Se]CC(N)=O)nc2c1. The summed E-state index contributed by atoms with van der Waals surface area (Å²) >= 11 is -0.228. The molecule has 0 radical (unpaired) electrons. The number of ether oxygens (including phenoxy) is 1. The van der Waals surface area contributed by atoms with Crippen LogP contribution < -0.4 is 15.1 Å². The van der Waals surface area contributed by atoms with E-state index in [1.165, 1.54) is 0 Å². The van der Waals surface area contributed by atoms with E-state index in [-0.39, 0.29) is 26.2 Å². The van der Waals surface area contributed by atoms with Gasteiger partial charge in [-0.25, -0.2) is 0 Å². The van der Waals surface area contributed by atoms with Crippen molar-refractivity contribution in [3.05, 3.63) is 29.8 Å². The Morgan fingerprint density at radius 1 is 1.53 bits per heavy atom. The monoisotopic (exact) mass is 321 g/mol. The van der Waals surface area contributed by atoms with Crippen LogP contribution in [0.3, 0.4) is 0 Å². The zero-order valence-corrected chi connectivity index (χ0v) is 11.9. The van der Waals surface area contributed by atoms with E-state index in [0.717, 1.165) is 10.9 Å². The predicted molar refractivity (Wildman–Crippen MR) is 72.4 cm³/mol. The first kappa shape index (κ1) is 13.3. The second-order valence-corrected chi connectivity index (χ2v) is 5.79. The number of fused-ring (bicyclic) bond motifs is 1. The second-order valence-electron chi connectivity index (χ2n) is 3.77. The summed E-state index contributed by atoms with van der Waals surface area (Å²) in [4.78, 5) is 15.3. The second kappa shape index (κ2) is 5.70. The molecule has 96 valence electrons. The normalized spacial score (nSPS) is 10.1. The number of carbonyl (C=O) groups excluding carboxylic acids is 1. The van der Waals surface area contributed by atoms with Crippen LogP contribution in [0.15, 0.2) is 24.3 Å². The summed E-state index contributed by atoms with van der Waals surface area (Å²) in [6.45, 7) is 0. The Kier molecular flexibility index (Phi) is 4.00. The third-order valence-corrected chi connectivity index (χ3v) is 4.59. The molecule has 2 N–H and O–H groups in total. The maximum atomic E-state index is 10.8. The molecule has 2 rings (SSSR count). The van der Waals surface area contributed by atoms with E-state index in [1.54, 1.807) is 19.2 Å². The van der Waals surface area contributed by atoms with E-state index >= 15 is 0 Å². The molecule has 0 aliphatic heterocycles. The minimum atomic E-state index is -0.378. The molecule has 0 bridgehead atoms. The Morgan fingerprint density at radius 3 is 2.95 bits per heavy atom.